The van der Waals surface area contributed by atoms with E-state index < -0.39 is 11.9 Å². The third-order valence-corrected chi connectivity index (χ3v) is 2.24. The van der Waals surface area contributed by atoms with Crippen molar-refractivity contribution in [3.05, 3.63) is 23.8 Å². The van der Waals surface area contributed by atoms with E-state index in [1.165, 1.54) is 19.2 Å². The van der Waals surface area contributed by atoms with Crippen molar-refractivity contribution >= 4 is 11.9 Å². The van der Waals surface area contributed by atoms with Crippen molar-refractivity contribution in [3.8, 4) is 11.5 Å². The van der Waals surface area contributed by atoms with Crippen LogP contribution in [0.5, 0.6) is 11.5 Å². The van der Waals surface area contributed by atoms with Crippen LogP contribution in [-0.2, 0) is 4.79 Å². The van der Waals surface area contributed by atoms with Crippen molar-refractivity contribution in [1.82, 2.24) is 0 Å². The Morgan fingerprint density at radius 1 is 1.33 bits per heavy atom. The van der Waals surface area contributed by atoms with Crippen molar-refractivity contribution in [2.75, 3.05) is 13.7 Å². The van der Waals surface area contributed by atoms with Gasteiger partial charge in [0.2, 0.25) is 5.91 Å². The Hall–Kier alpha value is -2.24. The number of benzene rings is 1. The van der Waals surface area contributed by atoms with Gasteiger partial charge >= 0.3 is 5.97 Å². The lowest BCUT2D eigenvalue weighted by molar-refractivity contribution is -0.137. The molecule has 0 radical (unpaired) electrons. The number of carboxylic acid groups (broad SMARTS) is 1. The molecular weight excluding hydrogens is 238 g/mol. The molecule has 0 aliphatic heterocycles. The number of carbonyl (C=O) groups is 2. The molecule has 6 heteroatoms. The summed E-state index contributed by atoms with van der Waals surface area (Å²) in [6.45, 7) is 0.262. The topological polar surface area (TPSA) is 98.9 Å². The van der Waals surface area contributed by atoms with Gasteiger partial charge in [-0.25, -0.2) is 0 Å². The van der Waals surface area contributed by atoms with Crippen LogP contribution in [-0.4, -0.2) is 30.7 Å². The lowest BCUT2D eigenvalue weighted by atomic mass is 10.2. The third-order valence-electron chi connectivity index (χ3n) is 2.24. The average molecular weight is 253 g/mol. The number of aliphatic carboxylic acids is 1. The monoisotopic (exact) mass is 253 g/mol. The van der Waals surface area contributed by atoms with Gasteiger partial charge in [0.1, 0.15) is 0 Å². The number of carbonyl (C=O) groups excluding carboxylic acids is 1. The van der Waals surface area contributed by atoms with Gasteiger partial charge in [-0.15, -0.1) is 0 Å². The van der Waals surface area contributed by atoms with Crippen LogP contribution < -0.4 is 15.2 Å². The van der Waals surface area contributed by atoms with Gasteiger partial charge < -0.3 is 20.3 Å². The van der Waals surface area contributed by atoms with Crippen LogP contribution in [0, 0.1) is 0 Å². The van der Waals surface area contributed by atoms with Gasteiger partial charge in [0.25, 0.3) is 0 Å². The van der Waals surface area contributed by atoms with Crippen molar-refractivity contribution in [1.29, 1.82) is 0 Å². The Labute approximate surface area is 104 Å². The average Bonchev–Trinajstić information content (AvgIpc) is 2.34. The number of nitrogens with two attached hydrogens (primary N) is 1. The standard InChI is InChI=1S/C12H15NO5/c1-17-10-7-8(12(13)16)4-5-9(10)18-6-2-3-11(14)15/h4-5,7H,2-3,6H2,1H3,(H2,13,16)(H,14,15). The van der Waals surface area contributed by atoms with Crippen LogP contribution in [0.3, 0.4) is 0 Å². The molecule has 6 nitrogen and oxygen atoms in total. The molecule has 1 aromatic carbocycles. The minimum atomic E-state index is -0.866. The predicted molar refractivity (Wildman–Crippen MR) is 63.9 cm³/mol. The molecular formula is C12H15NO5. The zero-order valence-electron chi connectivity index (χ0n) is 10.0. The predicted octanol–water partition coefficient (Wildman–Crippen LogP) is 1.04. The number of methoxy groups -OCH3 is 1. The summed E-state index contributed by atoms with van der Waals surface area (Å²) in [5.74, 6) is -0.574. The molecule has 0 aliphatic rings. The first kappa shape index (κ1) is 13.8. The van der Waals surface area contributed by atoms with Gasteiger partial charge in [0.15, 0.2) is 11.5 Å². The smallest absolute Gasteiger partial charge is 0.303 e. The maximum Gasteiger partial charge on any atom is 0.303 e. The molecule has 98 valence electrons. The van der Waals surface area contributed by atoms with Crippen LogP contribution in [0.4, 0.5) is 0 Å². The van der Waals surface area contributed by atoms with Crippen LogP contribution in [0.15, 0.2) is 18.2 Å². The summed E-state index contributed by atoms with van der Waals surface area (Å²) in [5.41, 5.74) is 5.47. The Morgan fingerprint density at radius 3 is 2.61 bits per heavy atom. The van der Waals surface area contributed by atoms with E-state index in [0.29, 0.717) is 23.5 Å². The molecule has 0 heterocycles. The second-order valence-corrected chi connectivity index (χ2v) is 3.58. The quantitative estimate of drug-likeness (QED) is 0.707. The SMILES string of the molecule is COc1cc(C(N)=O)ccc1OCCCC(=O)O. The number of amides is 1. The van der Waals surface area contributed by atoms with E-state index in [1.807, 2.05) is 0 Å². The summed E-state index contributed by atoms with van der Waals surface area (Å²) in [6, 6.07) is 4.58. The van der Waals surface area contributed by atoms with Crippen molar-refractivity contribution in [3.63, 3.8) is 0 Å². The lowest BCUT2D eigenvalue weighted by Gasteiger charge is -2.10. The molecule has 0 unspecified atom stereocenters. The Bertz CT molecular complexity index is 444. The number of ether oxygens (including phenoxy) is 2. The highest BCUT2D eigenvalue weighted by atomic mass is 16.5. The van der Waals surface area contributed by atoms with Gasteiger partial charge in [-0.05, 0) is 24.6 Å². The number of carboxylic acids is 1. The molecule has 1 aromatic rings. The zero-order chi connectivity index (χ0) is 13.5. The second-order valence-electron chi connectivity index (χ2n) is 3.58. The first-order valence-corrected chi connectivity index (χ1v) is 5.37. The van der Waals surface area contributed by atoms with Crippen LogP contribution in [0.2, 0.25) is 0 Å². The molecule has 0 saturated heterocycles. The second kappa shape index (κ2) is 6.48. The summed E-state index contributed by atoms with van der Waals surface area (Å²) in [5, 5.41) is 8.48. The van der Waals surface area contributed by atoms with Crippen molar-refractivity contribution in [2.45, 2.75) is 12.8 Å². The molecule has 0 bridgehead atoms. The Balaban J connectivity index is 2.65. The first-order chi connectivity index (χ1) is 8.54. The molecule has 0 saturated carbocycles. The van der Waals surface area contributed by atoms with E-state index in [0.717, 1.165) is 0 Å². The fourth-order valence-electron chi connectivity index (χ4n) is 1.35. The molecule has 0 fully saturated rings. The molecule has 0 spiro atoms. The maximum absolute atomic E-state index is 11.0. The van der Waals surface area contributed by atoms with E-state index in [-0.39, 0.29) is 13.0 Å². The summed E-state index contributed by atoms with van der Waals surface area (Å²) in [6.07, 6.45) is 0.442. The van der Waals surface area contributed by atoms with E-state index in [2.05, 4.69) is 0 Å². The number of primary amides is 1. The first-order valence-electron chi connectivity index (χ1n) is 5.37. The largest absolute Gasteiger partial charge is 0.493 e. The molecule has 0 aliphatic carbocycles. The Morgan fingerprint density at radius 2 is 2.06 bits per heavy atom. The van der Waals surface area contributed by atoms with E-state index >= 15 is 0 Å². The van der Waals surface area contributed by atoms with Gasteiger partial charge in [-0.2, -0.15) is 0 Å². The van der Waals surface area contributed by atoms with E-state index in [1.54, 1.807) is 6.07 Å². The number of rotatable bonds is 7. The maximum atomic E-state index is 11.0. The van der Waals surface area contributed by atoms with Crippen LogP contribution in [0.25, 0.3) is 0 Å². The molecule has 1 rings (SSSR count). The van der Waals surface area contributed by atoms with Crippen LogP contribution >= 0.6 is 0 Å². The molecule has 0 atom stereocenters. The molecule has 1 amide bonds. The summed E-state index contributed by atoms with van der Waals surface area (Å²) in [4.78, 5) is 21.3. The molecule has 18 heavy (non-hydrogen) atoms. The number of hydrogen-bond donors (Lipinski definition) is 2. The van der Waals surface area contributed by atoms with E-state index in [9.17, 15) is 9.59 Å². The highest BCUT2D eigenvalue weighted by Gasteiger charge is 2.08. The van der Waals surface area contributed by atoms with E-state index in [4.69, 9.17) is 20.3 Å². The zero-order valence-corrected chi connectivity index (χ0v) is 10.0. The van der Waals surface area contributed by atoms with Gasteiger partial charge in [-0.3, -0.25) is 9.59 Å². The minimum Gasteiger partial charge on any atom is -0.493 e. The fraction of sp³-hybridized carbons (Fsp3) is 0.333. The van der Waals surface area contributed by atoms with Crippen LogP contribution in [0.1, 0.15) is 23.2 Å². The summed E-state index contributed by atoms with van der Waals surface area (Å²) >= 11 is 0. The fourth-order valence-corrected chi connectivity index (χ4v) is 1.35. The highest BCUT2D eigenvalue weighted by Crippen LogP contribution is 2.28. The van der Waals surface area contributed by atoms with Gasteiger partial charge in [0.05, 0.1) is 13.7 Å². The Kier molecular flexibility index (Phi) is 4.98. The van der Waals surface area contributed by atoms with Crippen molar-refractivity contribution < 1.29 is 24.2 Å². The van der Waals surface area contributed by atoms with Gasteiger partial charge in [0, 0.05) is 12.0 Å². The molecule has 3 N–H and O–H groups in total. The third kappa shape index (κ3) is 3.97. The van der Waals surface area contributed by atoms with Crippen molar-refractivity contribution in [2.24, 2.45) is 5.73 Å². The molecule has 0 aromatic heterocycles. The highest BCUT2D eigenvalue weighted by molar-refractivity contribution is 5.93. The number of hydrogen-bond acceptors (Lipinski definition) is 4. The normalized spacial score (nSPS) is 9.83. The summed E-state index contributed by atoms with van der Waals surface area (Å²) < 4.78 is 10.4. The summed E-state index contributed by atoms with van der Waals surface area (Å²) in [7, 11) is 1.45. The van der Waals surface area contributed by atoms with Gasteiger partial charge in [-0.1, -0.05) is 0 Å². The minimum absolute atomic E-state index is 0.0433. The lowest BCUT2D eigenvalue weighted by Crippen LogP contribution is -2.11.